The molecule has 0 bridgehead atoms. The second-order valence-corrected chi connectivity index (χ2v) is 10.7. The molecule has 6 N–H and O–H groups in total. The van der Waals surface area contributed by atoms with Gasteiger partial charge in [0.15, 0.2) is 0 Å². The standard InChI is InChI=1S/C11H19N6O13P3/c1-6(15-16-13)27-7-4-10(17-3-2-9(12)14-11(17)18)28-8(7)5-26-32(22,23)30-33(24,25)29-31(19,20)21/h2-3,6-8,10H,4-5H2,1H3,(H,22,23)(H,24,25)(H2,12,14,18)(H2,19,20,21)/t6-,7-,8-,10-/m1/s1. The molecule has 2 heterocycles. The van der Waals surface area contributed by atoms with Crippen molar-refractivity contribution in [2.75, 3.05) is 12.3 Å². The van der Waals surface area contributed by atoms with Crippen LogP contribution in [0.2, 0.25) is 0 Å². The second kappa shape index (κ2) is 10.7. The lowest BCUT2D eigenvalue weighted by Crippen LogP contribution is -2.31. The summed E-state index contributed by atoms with van der Waals surface area (Å²) in [6, 6.07) is 1.31. The van der Waals surface area contributed by atoms with Crippen LogP contribution >= 0.6 is 23.5 Å². The number of hydrogen-bond acceptors (Lipinski definition) is 12. The Morgan fingerprint density at radius 3 is 2.58 bits per heavy atom. The van der Waals surface area contributed by atoms with Gasteiger partial charge in [-0.25, -0.2) is 18.5 Å². The highest BCUT2D eigenvalue weighted by Crippen LogP contribution is 2.66. The van der Waals surface area contributed by atoms with Gasteiger partial charge in [0.05, 0.1) is 12.7 Å². The molecule has 1 fully saturated rings. The van der Waals surface area contributed by atoms with Gasteiger partial charge >= 0.3 is 29.2 Å². The number of phosphoric acid groups is 3. The number of nitrogens with zero attached hydrogens (tertiary/aromatic N) is 5. The van der Waals surface area contributed by atoms with E-state index in [1.165, 1.54) is 19.2 Å². The smallest absolute Gasteiger partial charge is 0.383 e. The predicted octanol–water partition coefficient (Wildman–Crippen LogP) is 0.498. The molecule has 33 heavy (non-hydrogen) atoms. The summed E-state index contributed by atoms with van der Waals surface area (Å²) in [4.78, 5) is 54.1. The molecule has 22 heteroatoms. The number of rotatable bonds is 11. The van der Waals surface area contributed by atoms with Gasteiger partial charge in [-0.2, -0.15) is 13.6 Å². The maximum Gasteiger partial charge on any atom is 0.490 e. The Morgan fingerprint density at radius 2 is 2.00 bits per heavy atom. The third kappa shape index (κ3) is 8.88. The van der Waals surface area contributed by atoms with Crippen molar-refractivity contribution < 1.29 is 55.9 Å². The molecule has 1 aliphatic rings. The van der Waals surface area contributed by atoms with E-state index in [2.05, 4.69) is 28.2 Å². The summed E-state index contributed by atoms with van der Waals surface area (Å²) in [6.07, 6.45) is -3.05. The third-order valence-corrected chi connectivity index (χ3v) is 7.55. The van der Waals surface area contributed by atoms with Crippen molar-refractivity contribution in [3.05, 3.63) is 33.2 Å². The zero-order valence-corrected chi connectivity index (χ0v) is 19.2. The Balaban J connectivity index is 2.15. The molecule has 186 valence electrons. The number of azide groups is 1. The van der Waals surface area contributed by atoms with E-state index in [1.807, 2.05) is 0 Å². The van der Waals surface area contributed by atoms with Crippen LogP contribution in [0.4, 0.5) is 5.82 Å². The van der Waals surface area contributed by atoms with Gasteiger partial charge < -0.3 is 34.8 Å². The van der Waals surface area contributed by atoms with Gasteiger partial charge in [-0.05, 0) is 18.5 Å². The Labute approximate surface area is 184 Å². The molecule has 19 nitrogen and oxygen atoms in total. The summed E-state index contributed by atoms with van der Waals surface area (Å²) in [6.45, 7) is 0.536. The van der Waals surface area contributed by atoms with E-state index in [-0.39, 0.29) is 12.2 Å². The molecule has 1 aromatic heterocycles. The van der Waals surface area contributed by atoms with Crippen LogP contribution in [0.25, 0.3) is 10.4 Å². The summed E-state index contributed by atoms with van der Waals surface area (Å²) in [5, 5.41) is 3.32. The summed E-state index contributed by atoms with van der Waals surface area (Å²) >= 11 is 0. The van der Waals surface area contributed by atoms with Crippen LogP contribution in [-0.4, -0.2) is 54.2 Å². The van der Waals surface area contributed by atoms with Gasteiger partial charge in [0, 0.05) is 17.5 Å². The van der Waals surface area contributed by atoms with Gasteiger partial charge in [0.2, 0.25) is 0 Å². The quantitative estimate of drug-likeness (QED) is 0.111. The molecule has 0 amide bonds. The van der Waals surface area contributed by atoms with Gasteiger partial charge in [-0.3, -0.25) is 9.09 Å². The van der Waals surface area contributed by atoms with Crippen LogP contribution in [0.1, 0.15) is 19.6 Å². The maximum absolute atomic E-state index is 12.1. The van der Waals surface area contributed by atoms with Gasteiger partial charge in [0.1, 0.15) is 24.4 Å². The van der Waals surface area contributed by atoms with Gasteiger partial charge in [0.25, 0.3) is 0 Å². The first kappa shape index (κ1) is 27.6. The van der Waals surface area contributed by atoms with Crippen molar-refractivity contribution in [2.45, 2.75) is 38.0 Å². The van der Waals surface area contributed by atoms with E-state index in [0.717, 1.165) is 4.57 Å². The number of anilines is 1. The van der Waals surface area contributed by atoms with Crippen LogP contribution in [0.3, 0.4) is 0 Å². The number of aromatic nitrogens is 2. The molecule has 0 aliphatic carbocycles. The summed E-state index contributed by atoms with van der Waals surface area (Å²) in [5.74, 6) is -0.0526. The van der Waals surface area contributed by atoms with Crippen molar-refractivity contribution in [3.63, 3.8) is 0 Å². The molecule has 1 aromatic rings. The molecule has 2 rings (SSSR count). The van der Waals surface area contributed by atoms with E-state index < -0.39 is 60.4 Å². The lowest BCUT2D eigenvalue weighted by Gasteiger charge is -2.22. The van der Waals surface area contributed by atoms with Crippen LogP contribution in [0, 0.1) is 0 Å². The number of ether oxygens (including phenoxy) is 2. The molecule has 0 saturated carbocycles. The topological polar surface area (TPSA) is 288 Å². The van der Waals surface area contributed by atoms with Crippen molar-refractivity contribution in [3.8, 4) is 0 Å². The highest BCUT2D eigenvalue weighted by molar-refractivity contribution is 7.66. The third-order valence-electron chi connectivity index (χ3n) is 3.75. The van der Waals surface area contributed by atoms with E-state index in [0.29, 0.717) is 0 Å². The highest BCUT2D eigenvalue weighted by Gasteiger charge is 2.43. The molecule has 0 radical (unpaired) electrons. The fourth-order valence-electron chi connectivity index (χ4n) is 2.63. The molecule has 1 aliphatic heterocycles. The van der Waals surface area contributed by atoms with E-state index in [4.69, 9.17) is 30.5 Å². The van der Waals surface area contributed by atoms with E-state index in [1.54, 1.807) is 0 Å². The summed E-state index contributed by atoms with van der Waals surface area (Å²) < 4.78 is 58.0. The summed E-state index contributed by atoms with van der Waals surface area (Å²) in [7, 11) is -16.7. The lowest BCUT2D eigenvalue weighted by atomic mass is 10.2. The summed E-state index contributed by atoms with van der Waals surface area (Å²) in [5.41, 5.74) is 13.2. The zero-order valence-electron chi connectivity index (χ0n) is 16.5. The number of nitrogens with two attached hydrogens (primary N) is 1. The van der Waals surface area contributed by atoms with Crippen LogP contribution in [0.5, 0.6) is 0 Å². The fourth-order valence-corrected chi connectivity index (χ4v) is 5.66. The van der Waals surface area contributed by atoms with E-state index >= 15 is 0 Å². The Kier molecular flexibility index (Phi) is 8.95. The van der Waals surface area contributed by atoms with Gasteiger partial charge in [-0.15, -0.1) is 0 Å². The molecule has 0 spiro atoms. The van der Waals surface area contributed by atoms with Crippen LogP contribution < -0.4 is 11.4 Å². The minimum Gasteiger partial charge on any atom is -0.383 e. The average Bonchev–Trinajstić information content (AvgIpc) is 2.99. The molecule has 1 saturated heterocycles. The number of nitrogen functional groups attached to an aromatic ring is 1. The zero-order chi connectivity index (χ0) is 25.0. The monoisotopic (exact) mass is 536 g/mol. The normalized spacial score (nSPS) is 25.5. The Hall–Kier alpha value is -1.68. The molecular weight excluding hydrogens is 517 g/mol. The maximum atomic E-state index is 12.1. The molecule has 2 unspecified atom stereocenters. The van der Waals surface area contributed by atoms with E-state index in [9.17, 15) is 28.3 Å². The Bertz CT molecular complexity index is 1100. The van der Waals surface area contributed by atoms with Crippen molar-refractivity contribution in [1.29, 1.82) is 0 Å². The molecular formula is C11H19N6O13P3. The van der Waals surface area contributed by atoms with Gasteiger partial charge in [-0.1, -0.05) is 5.11 Å². The van der Waals surface area contributed by atoms with Crippen molar-refractivity contribution in [2.24, 2.45) is 5.11 Å². The predicted molar refractivity (Wildman–Crippen MR) is 105 cm³/mol. The minimum absolute atomic E-state index is 0.0526. The first-order valence-corrected chi connectivity index (χ1v) is 13.1. The Morgan fingerprint density at radius 1 is 1.33 bits per heavy atom. The highest BCUT2D eigenvalue weighted by atomic mass is 31.3. The number of phosphoric ester groups is 1. The fraction of sp³-hybridized carbons (Fsp3) is 0.636. The first-order chi connectivity index (χ1) is 15.1. The lowest BCUT2D eigenvalue weighted by molar-refractivity contribution is -0.0757. The van der Waals surface area contributed by atoms with Crippen molar-refractivity contribution in [1.82, 2.24) is 9.55 Å². The second-order valence-electron chi connectivity index (χ2n) is 6.27. The van der Waals surface area contributed by atoms with Crippen LogP contribution in [0.15, 0.2) is 22.2 Å². The molecule has 0 aromatic carbocycles. The van der Waals surface area contributed by atoms with Crippen molar-refractivity contribution >= 4 is 29.3 Å². The molecule has 6 atom stereocenters. The SMILES string of the molecule is C[C@H](N=[N+]=[N-])O[C@@H]1C[C@H](n2ccc(N)nc2=O)O[C@@H]1COP(=O)(O)OP(=O)(O)OP(=O)(O)O. The number of hydrogen-bond donors (Lipinski definition) is 5. The first-order valence-electron chi connectivity index (χ1n) is 8.59. The largest absolute Gasteiger partial charge is 0.490 e. The van der Waals surface area contributed by atoms with Crippen LogP contribution in [-0.2, 0) is 36.3 Å². The minimum atomic E-state index is -5.71. The average molecular weight is 536 g/mol.